The number of hydrogen-bond donors (Lipinski definition) is 0. The second-order valence-corrected chi connectivity index (χ2v) is 9.83. The predicted octanol–water partition coefficient (Wildman–Crippen LogP) is 4.89. The van der Waals surface area contributed by atoms with Crippen molar-refractivity contribution in [3.63, 3.8) is 0 Å². The minimum atomic E-state index is -3.22. The van der Waals surface area contributed by atoms with E-state index in [-0.39, 0.29) is 12.2 Å². The maximum absolute atomic E-state index is 11.8. The van der Waals surface area contributed by atoms with Crippen LogP contribution in [0.1, 0.15) is 41.6 Å². The van der Waals surface area contributed by atoms with E-state index in [0.717, 1.165) is 28.2 Å². The number of aryl methyl sites for hydroxylation is 1. The molecule has 0 radical (unpaired) electrons. The molecular formula is C24H22N2O3S. The molecule has 0 amide bonds. The van der Waals surface area contributed by atoms with Gasteiger partial charge in [-0.15, -0.1) is 0 Å². The van der Waals surface area contributed by atoms with E-state index in [1.165, 1.54) is 17.4 Å². The molecule has 5 rings (SSSR count). The molecule has 152 valence electrons. The summed E-state index contributed by atoms with van der Waals surface area (Å²) in [5.74, 6) is 0. The van der Waals surface area contributed by atoms with Crippen molar-refractivity contribution in [1.29, 1.82) is 0 Å². The summed E-state index contributed by atoms with van der Waals surface area (Å²) in [6, 6.07) is 19.3. The quantitative estimate of drug-likeness (QED) is 0.475. The Morgan fingerprint density at radius 2 is 1.60 bits per heavy atom. The lowest BCUT2D eigenvalue weighted by atomic mass is 10.00. The van der Waals surface area contributed by atoms with Gasteiger partial charge in [0.15, 0.2) is 9.84 Å². The van der Waals surface area contributed by atoms with Crippen molar-refractivity contribution in [1.82, 2.24) is 9.38 Å². The number of benzene rings is 2. The minimum absolute atomic E-state index is 0.0304. The molecule has 0 spiro atoms. The molecule has 1 aliphatic rings. The number of ether oxygens (including phenoxy) is 1. The lowest BCUT2D eigenvalue weighted by molar-refractivity contribution is 0.0424. The molecule has 4 aromatic rings. The third kappa shape index (κ3) is 3.04. The fourth-order valence-corrected chi connectivity index (χ4v) is 4.87. The molecular weight excluding hydrogens is 396 g/mol. The largest absolute Gasteiger partial charge is 0.360 e. The Bertz CT molecular complexity index is 1370. The van der Waals surface area contributed by atoms with Gasteiger partial charge in [-0.05, 0) is 60.4 Å². The molecule has 3 heterocycles. The number of nitrogens with zero attached hydrogens (tertiary/aromatic N) is 2. The van der Waals surface area contributed by atoms with Crippen LogP contribution in [0.15, 0.2) is 71.8 Å². The maximum atomic E-state index is 11.8. The van der Waals surface area contributed by atoms with E-state index in [4.69, 9.17) is 9.72 Å². The predicted molar refractivity (Wildman–Crippen MR) is 116 cm³/mol. The van der Waals surface area contributed by atoms with Crippen LogP contribution in [0, 0.1) is 6.92 Å². The second-order valence-electron chi connectivity index (χ2n) is 7.81. The van der Waals surface area contributed by atoms with Gasteiger partial charge in [0.1, 0.15) is 11.8 Å². The van der Waals surface area contributed by atoms with Crippen molar-refractivity contribution in [2.75, 3.05) is 6.26 Å². The lowest BCUT2D eigenvalue weighted by Crippen LogP contribution is -2.05. The van der Waals surface area contributed by atoms with Gasteiger partial charge in [-0.2, -0.15) is 0 Å². The summed E-state index contributed by atoms with van der Waals surface area (Å²) in [7, 11) is -3.22. The number of fused-ring (bicyclic) bond motifs is 2. The van der Waals surface area contributed by atoms with Crippen LogP contribution in [0.25, 0.3) is 16.8 Å². The zero-order valence-electron chi connectivity index (χ0n) is 17.0. The van der Waals surface area contributed by atoms with E-state index < -0.39 is 9.84 Å². The highest BCUT2D eigenvalue weighted by molar-refractivity contribution is 7.90. The summed E-state index contributed by atoms with van der Waals surface area (Å²) in [5.41, 5.74) is 7.15. The number of pyridine rings is 1. The van der Waals surface area contributed by atoms with Crippen LogP contribution in [0.3, 0.4) is 0 Å². The third-order valence-electron chi connectivity index (χ3n) is 5.76. The van der Waals surface area contributed by atoms with Gasteiger partial charge in [-0.1, -0.05) is 36.4 Å². The van der Waals surface area contributed by atoms with Crippen molar-refractivity contribution in [3.8, 4) is 11.1 Å². The van der Waals surface area contributed by atoms with Crippen molar-refractivity contribution < 1.29 is 13.2 Å². The van der Waals surface area contributed by atoms with Gasteiger partial charge < -0.3 is 9.14 Å². The van der Waals surface area contributed by atoms with Crippen LogP contribution >= 0.6 is 0 Å². The van der Waals surface area contributed by atoms with Crippen LogP contribution in [0.5, 0.6) is 0 Å². The van der Waals surface area contributed by atoms with Crippen molar-refractivity contribution >= 4 is 15.5 Å². The average Bonchev–Trinajstić information content (AvgIpc) is 3.23. The topological polar surface area (TPSA) is 60.7 Å². The Balaban J connectivity index is 1.63. The summed E-state index contributed by atoms with van der Waals surface area (Å²) in [5, 5.41) is 0. The Labute approximate surface area is 175 Å². The van der Waals surface area contributed by atoms with E-state index in [9.17, 15) is 8.42 Å². The van der Waals surface area contributed by atoms with Gasteiger partial charge in [0.25, 0.3) is 0 Å². The number of rotatable bonds is 3. The van der Waals surface area contributed by atoms with Gasteiger partial charge in [0, 0.05) is 12.5 Å². The van der Waals surface area contributed by atoms with E-state index in [1.54, 1.807) is 12.1 Å². The molecule has 2 aromatic carbocycles. The zero-order chi connectivity index (χ0) is 21.0. The molecule has 2 aromatic heterocycles. The van der Waals surface area contributed by atoms with Crippen LogP contribution in [-0.2, 0) is 14.6 Å². The van der Waals surface area contributed by atoms with E-state index in [1.807, 2.05) is 43.3 Å². The normalized spacial score (nSPS) is 18.6. The summed E-state index contributed by atoms with van der Waals surface area (Å²) in [4.78, 5) is 5.06. The smallest absolute Gasteiger partial charge is 0.175 e. The van der Waals surface area contributed by atoms with Crippen LogP contribution in [0.2, 0.25) is 0 Å². The number of imidazole rings is 1. The number of sulfone groups is 1. The number of hydrogen-bond acceptors (Lipinski definition) is 4. The molecule has 0 fully saturated rings. The van der Waals surface area contributed by atoms with Crippen LogP contribution in [0.4, 0.5) is 0 Å². The first kappa shape index (κ1) is 19.0. The molecule has 0 N–H and O–H groups in total. The van der Waals surface area contributed by atoms with Crippen LogP contribution < -0.4 is 0 Å². The average molecular weight is 419 g/mol. The first-order valence-corrected chi connectivity index (χ1v) is 11.8. The molecule has 1 aliphatic heterocycles. The molecule has 0 unspecified atom stereocenters. The molecule has 30 heavy (non-hydrogen) atoms. The van der Waals surface area contributed by atoms with Crippen molar-refractivity contribution in [2.45, 2.75) is 31.0 Å². The highest BCUT2D eigenvalue weighted by Gasteiger charge is 2.33. The fraction of sp³-hybridized carbons (Fsp3) is 0.208. The molecule has 0 bridgehead atoms. The third-order valence-corrected chi connectivity index (χ3v) is 6.89. The monoisotopic (exact) mass is 418 g/mol. The SMILES string of the molecule is Cc1nc2ccc(-c3ccc(S(C)(=O)=O)cc3)cn2c1[C@@H]1O[C@H](C)c2ccccc21. The van der Waals surface area contributed by atoms with Gasteiger partial charge in [0.2, 0.25) is 0 Å². The molecule has 2 atom stereocenters. The van der Waals surface area contributed by atoms with Crippen molar-refractivity contribution in [3.05, 3.63) is 89.4 Å². The Morgan fingerprint density at radius 3 is 2.30 bits per heavy atom. The highest BCUT2D eigenvalue weighted by atomic mass is 32.2. The highest BCUT2D eigenvalue weighted by Crippen LogP contribution is 2.43. The Kier molecular flexibility index (Phi) is 4.31. The Morgan fingerprint density at radius 1 is 0.933 bits per heavy atom. The zero-order valence-corrected chi connectivity index (χ0v) is 17.8. The standard InChI is InChI=1S/C24H22N2O3S/c1-15-23(24-21-7-5-4-6-20(21)16(2)29-24)26-14-18(10-13-22(26)25-15)17-8-11-19(12-9-17)30(3,27)28/h4-14,16,24H,1-3H3/t16-,24-/m1/s1. The molecule has 0 saturated heterocycles. The van der Waals surface area contributed by atoms with Crippen LogP contribution in [-0.4, -0.2) is 24.1 Å². The van der Waals surface area contributed by atoms with Gasteiger partial charge in [-0.25, -0.2) is 13.4 Å². The van der Waals surface area contributed by atoms with Gasteiger partial charge in [0.05, 0.1) is 22.4 Å². The summed E-state index contributed by atoms with van der Waals surface area (Å²) in [6.45, 7) is 4.09. The second kappa shape index (κ2) is 6.79. The molecule has 0 saturated carbocycles. The maximum Gasteiger partial charge on any atom is 0.175 e. The van der Waals surface area contributed by atoms with E-state index in [2.05, 4.69) is 29.7 Å². The molecule has 5 nitrogen and oxygen atoms in total. The molecule has 0 aliphatic carbocycles. The number of aromatic nitrogens is 2. The lowest BCUT2D eigenvalue weighted by Gasteiger charge is -2.14. The first-order chi connectivity index (χ1) is 14.3. The Hall–Kier alpha value is -2.96. The summed E-state index contributed by atoms with van der Waals surface area (Å²) in [6.07, 6.45) is 3.13. The minimum Gasteiger partial charge on any atom is -0.360 e. The van der Waals surface area contributed by atoms with Gasteiger partial charge >= 0.3 is 0 Å². The first-order valence-electron chi connectivity index (χ1n) is 9.86. The summed E-state index contributed by atoms with van der Waals surface area (Å²) < 4.78 is 31.9. The summed E-state index contributed by atoms with van der Waals surface area (Å²) >= 11 is 0. The molecule has 6 heteroatoms. The van der Waals surface area contributed by atoms with E-state index >= 15 is 0 Å². The van der Waals surface area contributed by atoms with Gasteiger partial charge in [-0.3, -0.25) is 0 Å². The fourth-order valence-electron chi connectivity index (χ4n) is 4.24. The van der Waals surface area contributed by atoms with E-state index in [0.29, 0.717) is 4.90 Å². The van der Waals surface area contributed by atoms with Crippen molar-refractivity contribution in [2.24, 2.45) is 0 Å².